The molecule has 0 radical (unpaired) electrons. The molecule has 0 spiro atoms. The normalized spacial score (nSPS) is 29.2. The fourth-order valence-electron chi connectivity index (χ4n) is 3.03. The summed E-state index contributed by atoms with van der Waals surface area (Å²) in [6.45, 7) is 5.64. The van der Waals surface area contributed by atoms with Crippen molar-refractivity contribution >= 4 is 5.84 Å². The fraction of sp³-hybridized carbons (Fsp3) is 0.923. The lowest BCUT2D eigenvalue weighted by Gasteiger charge is -2.39. The fourth-order valence-corrected chi connectivity index (χ4v) is 3.03. The average Bonchev–Trinajstić information content (AvgIpc) is 2.24. The molecule has 1 rings (SSSR count). The van der Waals surface area contributed by atoms with Gasteiger partial charge in [0.15, 0.2) is 5.84 Å². The zero-order valence-corrected chi connectivity index (χ0v) is 12.1. The van der Waals surface area contributed by atoms with Gasteiger partial charge in [-0.3, -0.25) is 0 Å². The van der Waals surface area contributed by atoms with Gasteiger partial charge in [-0.25, -0.2) is 0 Å². The second-order valence-corrected chi connectivity index (χ2v) is 6.49. The number of amidine groups is 1. The molecule has 4 nitrogen and oxygen atoms in total. The van der Waals surface area contributed by atoms with Crippen LogP contribution in [-0.2, 0) is 4.74 Å². The first-order chi connectivity index (χ1) is 9.05. The lowest BCUT2D eigenvalue weighted by atomic mass is 9.71. The average molecular weight is 296 g/mol. The summed E-state index contributed by atoms with van der Waals surface area (Å²) in [5.41, 5.74) is 5.16. The zero-order valence-electron chi connectivity index (χ0n) is 12.1. The van der Waals surface area contributed by atoms with E-state index in [2.05, 4.69) is 25.9 Å². The largest absolute Gasteiger partial charge is 0.409 e. The van der Waals surface area contributed by atoms with Crippen LogP contribution in [0.4, 0.5) is 13.2 Å². The Morgan fingerprint density at radius 2 is 2.05 bits per heavy atom. The smallest absolute Gasteiger partial charge is 0.401 e. The van der Waals surface area contributed by atoms with Crippen LogP contribution in [0, 0.1) is 17.3 Å². The van der Waals surface area contributed by atoms with Crippen LogP contribution in [-0.4, -0.2) is 29.9 Å². The summed E-state index contributed by atoms with van der Waals surface area (Å²) in [4.78, 5) is 0. The third kappa shape index (κ3) is 4.85. The van der Waals surface area contributed by atoms with Gasteiger partial charge in [-0.1, -0.05) is 25.9 Å². The SMILES string of the molecule is CC1CC(OCC(C(N)=NO)C(F)(F)F)CC(C)(C)C1. The predicted molar refractivity (Wildman–Crippen MR) is 69.5 cm³/mol. The summed E-state index contributed by atoms with van der Waals surface area (Å²) >= 11 is 0. The van der Waals surface area contributed by atoms with Crippen LogP contribution >= 0.6 is 0 Å². The Balaban J connectivity index is 2.64. The molecule has 0 aromatic heterocycles. The molecule has 0 aromatic rings. The maximum Gasteiger partial charge on any atom is 0.401 e. The van der Waals surface area contributed by atoms with Crippen LogP contribution in [0.5, 0.6) is 0 Å². The monoisotopic (exact) mass is 296 g/mol. The highest BCUT2D eigenvalue weighted by atomic mass is 19.4. The number of hydrogen-bond acceptors (Lipinski definition) is 3. The Morgan fingerprint density at radius 3 is 2.50 bits per heavy atom. The number of hydrogen-bond donors (Lipinski definition) is 2. The summed E-state index contributed by atoms with van der Waals surface area (Å²) in [6.07, 6.45) is -2.30. The topological polar surface area (TPSA) is 67.8 Å². The summed E-state index contributed by atoms with van der Waals surface area (Å²) in [5.74, 6) is -2.51. The third-order valence-electron chi connectivity index (χ3n) is 3.71. The summed E-state index contributed by atoms with van der Waals surface area (Å²) in [5, 5.41) is 10.9. The summed E-state index contributed by atoms with van der Waals surface area (Å²) in [6, 6.07) is 0. The first-order valence-corrected chi connectivity index (χ1v) is 6.71. The van der Waals surface area contributed by atoms with E-state index >= 15 is 0 Å². The van der Waals surface area contributed by atoms with Crippen molar-refractivity contribution in [1.82, 2.24) is 0 Å². The standard InChI is InChI=1S/C13H23F3N2O2/c1-8-4-9(6-12(2,3)5-8)20-7-10(11(17)18-19)13(14,15)16/h8-10,19H,4-7H2,1-3H3,(H2,17,18). The van der Waals surface area contributed by atoms with Gasteiger partial charge in [0, 0.05) is 0 Å². The highest BCUT2D eigenvalue weighted by Gasteiger charge is 2.44. The highest BCUT2D eigenvalue weighted by molar-refractivity contribution is 5.83. The van der Waals surface area contributed by atoms with E-state index in [1.165, 1.54) is 0 Å². The maximum absolute atomic E-state index is 12.8. The molecule has 0 saturated heterocycles. The lowest BCUT2D eigenvalue weighted by molar-refractivity contribution is -0.175. The molecule has 3 unspecified atom stereocenters. The van der Waals surface area contributed by atoms with E-state index in [0.29, 0.717) is 5.92 Å². The Bertz CT molecular complexity index is 356. The van der Waals surface area contributed by atoms with E-state index < -0.39 is 24.5 Å². The van der Waals surface area contributed by atoms with Gasteiger partial charge in [-0.2, -0.15) is 13.2 Å². The van der Waals surface area contributed by atoms with Crippen LogP contribution in [0.1, 0.15) is 40.0 Å². The number of ether oxygens (including phenoxy) is 1. The first-order valence-electron chi connectivity index (χ1n) is 6.71. The molecule has 1 aliphatic carbocycles. The quantitative estimate of drug-likeness (QED) is 0.362. The maximum atomic E-state index is 12.8. The molecule has 0 aliphatic heterocycles. The van der Waals surface area contributed by atoms with Crippen molar-refractivity contribution in [2.75, 3.05) is 6.61 Å². The lowest BCUT2D eigenvalue weighted by Crippen LogP contribution is -2.41. The van der Waals surface area contributed by atoms with Gasteiger partial charge in [0.05, 0.1) is 12.7 Å². The summed E-state index contributed by atoms with van der Waals surface area (Å²) < 4.78 is 43.8. The van der Waals surface area contributed by atoms with Crippen molar-refractivity contribution in [1.29, 1.82) is 0 Å². The van der Waals surface area contributed by atoms with Gasteiger partial charge >= 0.3 is 6.18 Å². The Morgan fingerprint density at radius 1 is 1.45 bits per heavy atom. The number of nitrogens with zero attached hydrogens (tertiary/aromatic N) is 1. The number of halogens is 3. The van der Waals surface area contributed by atoms with Gasteiger partial charge in [0.2, 0.25) is 0 Å². The Kier molecular flexibility index (Phi) is 5.29. The van der Waals surface area contributed by atoms with E-state index in [1.54, 1.807) is 0 Å². The molecule has 3 atom stereocenters. The minimum Gasteiger partial charge on any atom is -0.409 e. The molecule has 20 heavy (non-hydrogen) atoms. The van der Waals surface area contributed by atoms with Gasteiger partial charge in [-0.05, 0) is 30.6 Å². The second-order valence-electron chi connectivity index (χ2n) is 6.49. The zero-order chi connectivity index (χ0) is 15.6. The minimum atomic E-state index is -4.58. The molecule has 1 saturated carbocycles. The molecule has 0 aromatic carbocycles. The molecule has 3 N–H and O–H groups in total. The van der Waals surface area contributed by atoms with Crippen molar-refractivity contribution < 1.29 is 23.1 Å². The number of oxime groups is 1. The molecular weight excluding hydrogens is 273 g/mol. The number of alkyl halides is 3. The number of nitrogens with two attached hydrogens (primary N) is 1. The van der Waals surface area contributed by atoms with E-state index in [9.17, 15) is 13.2 Å². The van der Waals surface area contributed by atoms with Gasteiger partial charge in [-0.15, -0.1) is 0 Å². The van der Waals surface area contributed by atoms with Crippen LogP contribution in [0.3, 0.4) is 0 Å². The highest BCUT2D eigenvalue weighted by Crippen LogP contribution is 2.40. The molecule has 7 heteroatoms. The van der Waals surface area contributed by atoms with Gasteiger partial charge in [0.1, 0.15) is 5.92 Å². The van der Waals surface area contributed by atoms with Crippen LogP contribution in [0.2, 0.25) is 0 Å². The molecule has 1 aliphatic rings. The van der Waals surface area contributed by atoms with Crippen LogP contribution in [0.25, 0.3) is 0 Å². The van der Waals surface area contributed by atoms with Crippen LogP contribution < -0.4 is 5.73 Å². The predicted octanol–water partition coefficient (Wildman–Crippen LogP) is 3.14. The third-order valence-corrected chi connectivity index (χ3v) is 3.71. The van der Waals surface area contributed by atoms with E-state index in [4.69, 9.17) is 15.7 Å². The van der Waals surface area contributed by atoms with Gasteiger partial charge in [0.25, 0.3) is 0 Å². The summed E-state index contributed by atoms with van der Waals surface area (Å²) in [7, 11) is 0. The van der Waals surface area contributed by atoms with E-state index in [0.717, 1.165) is 19.3 Å². The van der Waals surface area contributed by atoms with Crippen molar-refractivity contribution in [3.8, 4) is 0 Å². The van der Waals surface area contributed by atoms with Crippen LogP contribution in [0.15, 0.2) is 5.16 Å². The van der Waals surface area contributed by atoms with Crippen molar-refractivity contribution in [3.63, 3.8) is 0 Å². The number of rotatable bonds is 4. The Hall–Kier alpha value is -0.980. The molecule has 0 bridgehead atoms. The minimum absolute atomic E-state index is 0.0622. The molecule has 118 valence electrons. The van der Waals surface area contributed by atoms with Gasteiger partial charge < -0.3 is 15.7 Å². The van der Waals surface area contributed by atoms with Crippen molar-refractivity contribution in [2.24, 2.45) is 28.1 Å². The molecule has 0 heterocycles. The molecular formula is C13H23F3N2O2. The van der Waals surface area contributed by atoms with E-state index in [1.807, 2.05) is 0 Å². The van der Waals surface area contributed by atoms with Crippen molar-refractivity contribution in [2.45, 2.75) is 52.3 Å². The molecule has 0 amide bonds. The van der Waals surface area contributed by atoms with Crippen molar-refractivity contribution in [3.05, 3.63) is 0 Å². The Labute approximate surface area is 117 Å². The molecule has 1 fully saturated rings. The van der Waals surface area contributed by atoms with E-state index in [-0.39, 0.29) is 11.5 Å². The second kappa shape index (κ2) is 6.20. The first kappa shape index (κ1) is 17.1.